The quantitative estimate of drug-likeness (QED) is 0.744. The molecule has 0 bridgehead atoms. The summed E-state index contributed by atoms with van der Waals surface area (Å²) in [4.78, 5) is 10.6. The highest BCUT2D eigenvalue weighted by atomic mass is 28.3. The maximum atomic E-state index is 10.6. The second-order valence-electron chi connectivity index (χ2n) is 5.22. The lowest BCUT2D eigenvalue weighted by Crippen LogP contribution is -2.28. The van der Waals surface area contributed by atoms with Gasteiger partial charge in [0.25, 0.3) is 0 Å². The van der Waals surface area contributed by atoms with Crippen molar-refractivity contribution in [1.29, 1.82) is 0 Å². The number of aliphatic carboxylic acids is 1. The van der Waals surface area contributed by atoms with Crippen molar-refractivity contribution in [2.24, 2.45) is 0 Å². The second-order valence-corrected chi connectivity index (χ2v) is 10.4. The number of carboxylic acid groups (broad SMARTS) is 1. The van der Waals surface area contributed by atoms with Crippen LogP contribution in [0.2, 0.25) is 18.1 Å². The molecule has 0 heterocycles. The third-order valence-electron chi connectivity index (χ3n) is 4.18. The van der Waals surface area contributed by atoms with Gasteiger partial charge in [-0.1, -0.05) is 62.8 Å². The minimum atomic E-state index is -1.35. The largest absolute Gasteiger partial charge is 0.507 e. The van der Waals surface area contributed by atoms with Gasteiger partial charge in [-0.2, -0.15) is 0 Å². The third kappa shape index (κ3) is 4.23. The SMILES string of the molecule is CC[Si](C=Cc1ccc(CC(=O)O)cc1O)(CC)CC. The molecule has 1 aromatic carbocycles. The Labute approximate surface area is 122 Å². The van der Waals surface area contributed by atoms with Gasteiger partial charge in [0.2, 0.25) is 0 Å². The molecule has 0 aliphatic heterocycles. The minimum absolute atomic E-state index is 0.0604. The molecule has 0 spiro atoms. The zero-order chi connectivity index (χ0) is 15.2. The Hall–Kier alpha value is -1.55. The van der Waals surface area contributed by atoms with Gasteiger partial charge in [0, 0.05) is 5.56 Å². The lowest BCUT2D eigenvalue weighted by atomic mass is 10.1. The van der Waals surface area contributed by atoms with E-state index in [4.69, 9.17) is 5.11 Å². The molecule has 0 aromatic heterocycles. The van der Waals surface area contributed by atoms with Gasteiger partial charge in [0.15, 0.2) is 0 Å². The molecular formula is C16H24O3Si. The van der Waals surface area contributed by atoms with Crippen LogP contribution in [0.3, 0.4) is 0 Å². The van der Waals surface area contributed by atoms with E-state index < -0.39 is 14.0 Å². The van der Waals surface area contributed by atoms with Crippen molar-refractivity contribution in [2.75, 3.05) is 0 Å². The number of carbonyl (C=O) groups is 1. The zero-order valence-electron chi connectivity index (χ0n) is 12.5. The van der Waals surface area contributed by atoms with Crippen molar-refractivity contribution in [2.45, 2.75) is 45.3 Å². The fourth-order valence-electron chi connectivity index (χ4n) is 2.38. The molecule has 20 heavy (non-hydrogen) atoms. The number of phenols is 1. The molecule has 1 aromatic rings. The number of hydrogen-bond donors (Lipinski definition) is 2. The normalized spacial score (nSPS) is 11.9. The first-order chi connectivity index (χ1) is 9.46. The molecule has 0 atom stereocenters. The van der Waals surface area contributed by atoms with Crippen LogP contribution in [0.25, 0.3) is 6.08 Å². The summed E-state index contributed by atoms with van der Waals surface area (Å²) in [5, 5.41) is 18.7. The summed E-state index contributed by atoms with van der Waals surface area (Å²) in [5.41, 5.74) is 3.70. The number of carboxylic acids is 1. The average Bonchev–Trinajstić information content (AvgIpc) is 2.42. The first-order valence-electron chi connectivity index (χ1n) is 7.19. The number of benzene rings is 1. The van der Waals surface area contributed by atoms with E-state index in [-0.39, 0.29) is 12.2 Å². The van der Waals surface area contributed by atoms with Crippen LogP contribution in [0.4, 0.5) is 0 Å². The van der Waals surface area contributed by atoms with E-state index in [9.17, 15) is 9.90 Å². The van der Waals surface area contributed by atoms with E-state index in [1.54, 1.807) is 18.2 Å². The Morgan fingerprint density at radius 1 is 1.20 bits per heavy atom. The van der Waals surface area contributed by atoms with E-state index in [2.05, 4.69) is 26.5 Å². The molecule has 4 heteroatoms. The van der Waals surface area contributed by atoms with Gasteiger partial charge in [-0.25, -0.2) is 0 Å². The number of hydrogen-bond acceptors (Lipinski definition) is 2. The third-order valence-corrected chi connectivity index (χ3v) is 9.28. The molecule has 3 nitrogen and oxygen atoms in total. The Kier molecular flexibility index (Phi) is 6.01. The lowest BCUT2D eigenvalue weighted by Gasteiger charge is -2.23. The van der Waals surface area contributed by atoms with Gasteiger partial charge in [-0.15, -0.1) is 0 Å². The molecule has 0 radical (unpaired) electrons. The van der Waals surface area contributed by atoms with Crippen molar-refractivity contribution in [3.05, 3.63) is 35.0 Å². The van der Waals surface area contributed by atoms with Gasteiger partial charge in [0.1, 0.15) is 5.75 Å². The first-order valence-corrected chi connectivity index (χ1v) is 9.89. The number of phenolic OH excluding ortho intramolecular Hbond substituents is 1. The molecule has 0 unspecified atom stereocenters. The summed E-state index contributed by atoms with van der Waals surface area (Å²) in [6.45, 7) is 6.71. The number of aromatic hydroxyl groups is 1. The van der Waals surface area contributed by atoms with Crippen molar-refractivity contribution >= 4 is 20.1 Å². The summed E-state index contributed by atoms with van der Waals surface area (Å²) < 4.78 is 0. The van der Waals surface area contributed by atoms with Crippen LogP contribution in [0.15, 0.2) is 23.9 Å². The predicted octanol–water partition coefficient (Wildman–Crippen LogP) is 4.08. The lowest BCUT2D eigenvalue weighted by molar-refractivity contribution is -0.136. The molecule has 2 N–H and O–H groups in total. The van der Waals surface area contributed by atoms with Crippen LogP contribution in [-0.2, 0) is 11.2 Å². The average molecular weight is 292 g/mol. The van der Waals surface area contributed by atoms with E-state index in [1.807, 2.05) is 6.08 Å². The van der Waals surface area contributed by atoms with Crippen molar-refractivity contribution in [1.82, 2.24) is 0 Å². The van der Waals surface area contributed by atoms with Crippen LogP contribution < -0.4 is 0 Å². The van der Waals surface area contributed by atoms with Gasteiger partial charge >= 0.3 is 5.97 Å². The predicted molar refractivity (Wildman–Crippen MR) is 85.7 cm³/mol. The molecule has 0 amide bonds. The zero-order valence-corrected chi connectivity index (χ0v) is 13.5. The molecule has 110 valence electrons. The highest BCUT2D eigenvalue weighted by Gasteiger charge is 2.22. The molecule has 0 fully saturated rings. The highest BCUT2D eigenvalue weighted by molar-refractivity contribution is 6.84. The first kappa shape index (κ1) is 16.5. The summed E-state index contributed by atoms with van der Waals surface area (Å²) >= 11 is 0. The fourth-order valence-corrected chi connectivity index (χ4v) is 5.13. The fraction of sp³-hybridized carbons (Fsp3) is 0.438. The summed E-state index contributed by atoms with van der Waals surface area (Å²) in [7, 11) is -1.35. The standard InChI is InChI=1S/C16H24O3Si/c1-4-20(5-2,6-3)10-9-14-8-7-13(11-15(14)17)12-16(18)19/h7-11,17H,4-6,12H2,1-3H3,(H,18,19). The van der Waals surface area contributed by atoms with Crippen LogP contribution >= 0.6 is 0 Å². The monoisotopic (exact) mass is 292 g/mol. The topological polar surface area (TPSA) is 57.5 Å². The molecule has 0 saturated heterocycles. The molecule has 1 rings (SSSR count). The Morgan fingerprint density at radius 3 is 2.25 bits per heavy atom. The van der Waals surface area contributed by atoms with E-state index in [0.29, 0.717) is 5.56 Å². The Morgan fingerprint density at radius 2 is 1.80 bits per heavy atom. The van der Waals surface area contributed by atoms with E-state index in [0.717, 1.165) is 5.56 Å². The molecule has 0 aliphatic rings. The van der Waals surface area contributed by atoms with Crippen molar-refractivity contribution < 1.29 is 15.0 Å². The number of rotatable bonds is 7. The highest BCUT2D eigenvalue weighted by Crippen LogP contribution is 2.26. The maximum absolute atomic E-state index is 10.6. The van der Waals surface area contributed by atoms with Gasteiger partial charge in [-0.3, -0.25) is 4.79 Å². The van der Waals surface area contributed by atoms with Crippen LogP contribution in [0.5, 0.6) is 5.75 Å². The summed E-state index contributed by atoms with van der Waals surface area (Å²) in [5.74, 6) is -0.728. The van der Waals surface area contributed by atoms with Crippen LogP contribution in [0.1, 0.15) is 31.9 Å². The Balaban J connectivity index is 2.95. The minimum Gasteiger partial charge on any atom is -0.507 e. The molecule has 0 saturated carbocycles. The van der Waals surface area contributed by atoms with Gasteiger partial charge < -0.3 is 10.2 Å². The van der Waals surface area contributed by atoms with Crippen molar-refractivity contribution in [3.8, 4) is 5.75 Å². The smallest absolute Gasteiger partial charge is 0.307 e. The summed E-state index contributed by atoms with van der Waals surface area (Å²) in [6, 6.07) is 8.71. The Bertz CT molecular complexity index is 482. The molecular weight excluding hydrogens is 268 g/mol. The van der Waals surface area contributed by atoms with Gasteiger partial charge in [0.05, 0.1) is 14.5 Å². The molecule has 0 aliphatic carbocycles. The second kappa shape index (κ2) is 7.29. The van der Waals surface area contributed by atoms with Crippen molar-refractivity contribution in [3.63, 3.8) is 0 Å². The van der Waals surface area contributed by atoms with Crippen LogP contribution in [-0.4, -0.2) is 24.3 Å². The maximum Gasteiger partial charge on any atom is 0.307 e. The van der Waals surface area contributed by atoms with Gasteiger partial charge in [-0.05, 0) is 11.6 Å². The summed E-state index contributed by atoms with van der Waals surface area (Å²) in [6.07, 6.45) is 1.94. The van der Waals surface area contributed by atoms with Crippen LogP contribution in [0, 0.1) is 0 Å². The van der Waals surface area contributed by atoms with E-state index in [1.165, 1.54) is 18.1 Å². The van der Waals surface area contributed by atoms with E-state index >= 15 is 0 Å².